The molecule has 3 aromatic rings. The number of amides is 1. The minimum atomic E-state index is -0.554. The van der Waals surface area contributed by atoms with Crippen LogP contribution in [0.15, 0.2) is 54.6 Å². The highest BCUT2D eigenvalue weighted by Gasteiger charge is 2.27. The average molecular weight is 410 g/mol. The van der Waals surface area contributed by atoms with Crippen molar-refractivity contribution in [1.29, 1.82) is 0 Å². The van der Waals surface area contributed by atoms with E-state index in [1.165, 1.54) is 4.70 Å². The fourth-order valence-electron chi connectivity index (χ4n) is 3.40. The third-order valence-corrected chi connectivity index (χ3v) is 6.09. The molecule has 1 saturated heterocycles. The van der Waals surface area contributed by atoms with E-state index in [-0.39, 0.29) is 25.0 Å². The number of hydrogen-bond donors (Lipinski definition) is 0. The summed E-state index contributed by atoms with van der Waals surface area (Å²) < 4.78 is 11.6. The van der Waals surface area contributed by atoms with Gasteiger partial charge in [-0.05, 0) is 37.1 Å². The second kappa shape index (κ2) is 9.05. The van der Waals surface area contributed by atoms with Crippen molar-refractivity contribution in [2.45, 2.75) is 18.8 Å². The number of benzene rings is 2. The van der Waals surface area contributed by atoms with Crippen LogP contribution in [0.2, 0.25) is 0 Å². The first-order chi connectivity index (χ1) is 14.2. The van der Waals surface area contributed by atoms with Crippen molar-refractivity contribution in [2.24, 2.45) is 0 Å². The standard InChI is InChI=1S/C22H22N2O4S/c25-20(14-28-21(26)15-27-17-8-2-1-3-9-17)24-12-6-7-16(13-24)22-23-18-10-4-5-11-19(18)29-22/h1-5,8-11,16H,6-7,12-15H2/t16-/m0/s1. The van der Waals surface area contributed by atoms with Crippen LogP contribution >= 0.6 is 11.3 Å². The first-order valence-electron chi connectivity index (χ1n) is 9.66. The van der Waals surface area contributed by atoms with Crippen LogP contribution in [0.1, 0.15) is 23.8 Å². The number of nitrogens with zero attached hydrogens (tertiary/aromatic N) is 2. The Morgan fingerprint density at radius 2 is 1.86 bits per heavy atom. The fourth-order valence-corrected chi connectivity index (χ4v) is 4.50. The summed E-state index contributed by atoms with van der Waals surface area (Å²) >= 11 is 1.69. The van der Waals surface area contributed by atoms with E-state index in [9.17, 15) is 9.59 Å². The van der Waals surface area contributed by atoms with E-state index in [0.717, 1.165) is 23.4 Å². The lowest BCUT2D eigenvalue weighted by Gasteiger charge is -2.31. The second-order valence-electron chi connectivity index (χ2n) is 6.96. The van der Waals surface area contributed by atoms with Crippen LogP contribution in [0.4, 0.5) is 0 Å². The van der Waals surface area contributed by atoms with Crippen molar-refractivity contribution < 1.29 is 19.1 Å². The molecule has 0 bridgehead atoms. The van der Waals surface area contributed by atoms with Gasteiger partial charge in [0.15, 0.2) is 13.2 Å². The molecule has 29 heavy (non-hydrogen) atoms. The number of thiazole rings is 1. The number of piperidine rings is 1. The number of hydrogen-bond acceptors (Lipinski definition) is 6. The molecule has 4 rings (SSSR count). The predicted molar refractivity (Wildman–Crippen MR) is 111 cm³/mol. The number of fused-ring (bicyclic) bond motifs is 1. The Labute approximate surface area is 173 Å². The van der Waals surface area contributed by atoms with Gasteiger partial charge in [-0.3, -0.25) is 4.79 Å². The first kappa shape index (κ1) is 19.4. The van der Waals surface area contributed by atoms with E-state index in [1.807, 2.05) is 36.4 Å². The number of carbonyl (C=O) groups is 2. The molecule has 0 unspecified atom stereocenters. The molecule has 0 aliphatic carbocycles. The zero-order valence-corrected chi connectivity index (χ0v) is 16.8. The maximum Gasteiger partial charge on any atom is 0.344 e. The summed E-state index contributed by atoms with van der Waals surface area (Å²) in [4.78, 5) is 30.9. The van der Waals surface area contributed by atoms with Crippen LogP contribution < -0.4 is 4.74 Å². The number of likely N-dealkylation sites (tertiary alicyclic amines) is 1. The van der Waals surface area contributed by atoms with Crippen molar-refractivity contribution in [3.63, 3.8) is 0 Å². The predicted octanol–water partition coefficient (Wildman–Crippen LogP) is 3.62. The normalized spacial score (nSPS) is 16.6. The zero-order valence-electron chi connectivity index (χ0n) is 16.0. The Balaban J connectivity index is 1.27. The highest BCUT2D eigenvalue weighted by molar-refractivity contribution is 7.18. The Morgan fingerprint density at radius 3 is 2.69 bits per heavy atom. The lowest BCUT2D eigenvalue weighted by molar-refractivity contribution is -0.154. The number of para-hydroxylation sites is 2. The van der Waals surface area contributed by atoms with Gasteiger partial charge in [0.2, 0.25) is 0 Å². The fraction of sp³-hybridized carbons (Fsp3) is 0.318. The van der Waals surface area contributed by atoms with Gasteiger partial charge in [-0.15, -0.1) is 11.3 Å². The molecule has 1 aliphatic heterocycles. The SMILES string of the molecule is O=C(COc1ccccc1)OCC(=O)N1CCC[C@H](c2nc3ccccc3s2)C1. The van der Waals surface area contributed by atoms with Crippen molar-refractivity contribution in [3.8, 4) is 5.75 Å². The second-order valence-corrected chi connectivity index (χ2v) is 8.02. The van der Waals surface area contributed by atoms with Gasteiger partial charge in [0.25, 0.3) is 5.91 Å². The molecule has 7 heteroatoms. The monoisotopic (exact) mass is 410 g/mol. The molecule has 0 N–H and O–H groups in total. The summed E-state index contributed by atoms with van der Waals surface area (Å²) in [5.74, 6) is 0.0820. The average Bonchev–Trinajstić information content (AvgIpc) is 3.21. The van der Waals surface area contributed by atoms with E-state index in [4.69, 9.17) is 14.5 Å². The van der Waals surface area contributed by atoms with Gasteiger partial charge in [-0.2, -0.15) is 0 Å². The summed E-state index contributed by atoms with van der Waals surface area (Å²) in [5.41, 5.74) is 1.00. The number of carbonyl (C=O) groups excluding carboxylic acids is 2. The molecule has 0 radical (unpaired) electrons. The molecular weight excluding hydrogens is 388 g/mol. The van der Waals surface area contributed by atoms with E-state index in [2.05, 4.69) is 6.07 Å². The summed E-state index contributed by atoms with van der Waals surface area (Å²) in [6.07, 6.45) is 1.92. The molecule has 1 fully saturated rings. The van der Waals surface area contributed by atoms with Gasteiger partial charge in [-0.25, -0.2) is 9.78 Å². The maximum absolute atomic E-state index is 12.5. The van der Waals surface area contributed by atoms with Gasteiger partial charge < -0.3 is 14.4 Å². The smallest absolute Gasteiger partial charge is 0.344 e. The minimum Gasteiger partial charge on any atom is -0.482 e. The Bertz CT molecular complexity index is 956. The highest BCUT2D eigenvalue weighted by Crippen LogP contribution is 2.32. The van der Waals surface area contributed by atoms with Crippen LogP contribution in [-0.4, -0.2) is 48.1 Å². The molecular formula is C22H22N2O4S. The molecule has 6 nitrogen and oxygen atoms in total. The van der Waals surface area contributed by atoms with Crippen molar-refractivity contribution >= 4 is 33.4 Å². The van der Waals surface area contributed by atoms with Crippen LogP contribution in [0.5, 0.6) is 5.75 Å². The lowest BCUT2D eigenvalue weighted by Crippen LogP contribution is -2.41. The van der Waals surface area contributed by atoms with E-state index < -0.39 is 5.97 Å². The topological polar surface area (TPSA) is 68.7 Å². The van der Waals surface area contributed by atoms with Crippen LogP contribution in [0.25, 0.3) is 10.2 Å². The first-order valence-corrected chi connectivity index (χ1v) is 10.5. The van der Waals surface area contributed by atoms with Crippen molar-refractivity contribution in [2.75, 3.05) is 26.3 Å². The Hall–Kier alpha value is -2.93. The van der Waals surface area contributed by atoms with Gasteiger partial charge >= 0.3 is 5.97 Å². The van der Waals surface area contributed by atoms with Gasteiger partial charge in [-0.1, -0.05) is 30.3 Å². The number of esters is 1. The number of ether oxygens (including phenoxy) is 2. The minimum absolute atomic E-state index is 0.177. The molecule has 2 aromatic carbocycles. The zero-order chi connectivity index (χ0) is 20.1. The summed E-state index contributed by atoms with van der Waals surface area (Å²) in [6.45, 7) is 0.810. The Kier molecular flexibility index (Phi) is 6.05. The van der Waals surface area contributed by atoms with E-state index in [0.29, 0.717) is 18.8 Å². The van der Waals surface area contributed by atoms with Gasteiger partial charge in [0.1, 0.15) is 5.75 Å². The molecule has 150 valence electrons. The van der Waals surface area contributed by atoms with Gasteiger partial charge in [0.05, 0.1) is 15.2 Å². The number of aromatic nitrogens is 1. The van der Waals surface area contributed by atoms with Crippen LogP contribution in [0.3, 0.4) is 0 Å². The quantitative estimate of drug-likeness (QED) is 0.581. The van der Waals surface area contributed by atoms with Crippen molar-refractivity contribution in [3.05, 3.63) is 59.6 Å². The molecule has 1 aromatic heterocycles. The molecule has 0 spiro atoms. The van der Waals surface area contributed by atoms with Crippen molar-refractivity contribution in [1.82, 2.24) is 9.88 Å². The molecule has 2 heterocycles. The Morgan fingerprint density at radius 1 is 1.07 bits per heavy atom. The molecule has 0 saturated carbocycles. The van der Waals surface area contributed by atoms with E-state index in [1.54, 1.807) is 28.4 Å². The molecule has 1 aliphatic rings. The molecule has 1 amide bonds. The van der Waals surface area contributed by atoms with Crippen LogP contribution in [0, 0.1) is 0 Å². The number of rotatable bonds is 6. The molecule has 1 atom stereocenters. The summed E-state index contributed by atoms with van der Waals surface area (Å²) in [5, 5.41) is 1.07. The largest absolute Gasteiger partial charge is 0.482 e. The third-order valence-electron chi connectivity index (χ3n) is 4.89. The third kappa shape index (κ3) is 4.92. The van der Waals surface area contributed by atoms with Crippen LogP contribution in [-0.2, 0) is 14.3 Å². The van der Waals surface area contributed by atoms with Gasteiger partial charge in [0, 0.05) is 19.0 Å². The summed E-state index contributed by atoms with van der Waals surface area (Å²) in [7, 11) is 0. The highest BCUT2D eigenvalue weighted by atomic mass is 32.1. The summed E-state index contributed by atoms with van der Waals surface area (Å²) in [6, 6.07) is 17.1. The lowest BCUT2D eigenvalue weighted by atomic mass is 9.99. The van der Waals surface area contributed by atoms with E-state index >= 15 is 0 Å². The maximum atomic E-state index is 12.5.